The monoisotopic (exact) mass is 293 g/mol. The topological polar surface area (TPSA) is 88.1 Å². The molecule has 0 saturated carbocycles. The van der Waals surface area contributed by atoms with Crippen LogP contribution in [0, 0.1) is 0 Å². The van der Waals surface area contributed by atoms with Crippen LogP contribution in [0.4, 0.5) is 16.2 Å². The number of carbonyl (C=O) groups is 3. The van der Waals surface area contributed by atoms with Crippen molar-refractivity contribution >= 4 is 46.7 Å². The van der Waals surface area contributed by atoms with Gasteiger partial charge in [-0.05, 0) is 12.1 Å². The van der Waals surface area contributed by atoms with Gasteiger partial charge in [0.2, 0.25) is 12.3 Å². The molecule has 1 N–H and O–H groups in total. The zero-order valence-corrected chi connectivity index (χ0v) is 11.3. The Kier molecular flexibility index (Phi) is 4.36. The second-order valence-electron chi connectivity index (χ2n) is 3.66. The number of methoxy groups -OCH3 is 1. The number of ether oxygens (including phenoxy) is 1. The summed E-state index contributed by atoms with van der Waals surface area (Å²) in [6.07, 6.45) is -0.267. The largest absolute Gasteiger partial charge is 0.451 e. The molecule has 1 heterocycles. The van der Waals surface area contributed by atoms with Gasteiger partial charge in [0.1, 0.15) is 0 Å². The van der Waals surface area contributed by atoms with Crippen LogP contribution >= 0.6 is 11.8 Å². The Morgan fingerprint density at radius 3 is 2.95 bits per heavy atom. The molecule has 0 spiro atoms. The number of amides is 3. The molecule has 0 radical (unpaired) electrons. The number of nitrogens with one attached hydrogen (secondary N) is 1. The van der Waals surface area contributed by atoms with E-state index in [9.17, 15) is 14.4 Å². The van der Waals surface area contributed by atoms with E-state index < -0.39 is 6.09 Å². The summed E-state index contributed by atoms with van der Waals surface area (Å²) in [5.74, 6) is -0.0524. The lowest BCUT2D eigenvalue weighted by Gasteiger charge is -2.18. The van der Waals surface area contributed by atoms with Crippen LogP contribution < -0.4 is 10.2 Å². The smallest absolute Gasteiger partial charge is 0.435 e. The van der Waals surface area contributed by atoms with Crippen LogP contribution in [0.1, 0.15) is 0 Å². The number of hydrogen-bond donors (Lipinski definition) is 1. The lowest BCUT2D eigenvalue weighted by atomic mass is 10.2. The summed E-state index contributed by atoms with van der Waals surface area (Å²) < 4.78 is 4.46. The Balaban J connectivity index is 2.43. The molecule has 7 nitrogen and oxygen atoms in total. The van der Waals surface area contributed by atoms with Gasteiger partial charge in [0, 0.05) is 0 Å². The maximum atomic E-state index is 12.0. The zero-order valence-electron chi connectivity index (χ0n) is 10.5. The van der Waals surface area contributed by atoms with Crippen molar-refractivity contribution in [3.05, 3.63) is 24.3 Å². The van der Waals surface area contributed by atoms with Crippen molar-refractivity contribution in [2.45, 2.75) is 0 Å². The molecule has 1 aromatic rings. The van der Waals surface area contributed by atoms with E-state index >= 15 is 0 Å². The molecule has 2 rings (SSSR count). The van der Waals surface area contributed by atoms with Gasteiger partial charge in [-0.25, -0.2) is 4.79 Å². The van der Waals surface area contributed by atoms with Gasteiger partial charge in [-0.2, -0.15) is 4.99 Å². The molecule has 3 amide bonds. The van der Waals surface area contributed by atoms with Crippen molar-refractivity contribution in [3.63, 3.8) is 0 Å². The Morgan fingerprint density at radius 1 is 1.50 bits per heavy atom. The maximum absolute atomic E-state index is 12.0. The van der Waals surface area contributed by atoms with E-state index in [-0.39, 0.29) is 16.8 Å². The highest BCUT2D eigenvalue weighted by Crippen LogP contribution is 2.32. The Bertz CT molecular complexity index is 588. The number of aliphatic imine (C=N–C) groups is 1. The number of thioether (sulfide) groups is 1. The fourth-order valence-electron chi connectivity index (χ4n) is 1.66. The molecule has 1 saturated heterocycles. The molecule has 20 heavy (non-hydrogen) atoms. The van der Waals surface area contributed by atoms with E-state index in [1.807, 2.05) is 0 Å². The average Bonchev–Trinajstić information content (AvgIpc) is 2.80. The van der Waals surface area contributed by atoms with Crippen molar-refractivity contribution in [2.75, 3.05) is 23.1 Å². The zero-order chi connectivity index (χ0) is 14.5. The molecule has 8 heteroatoms. The van der Waals surface area contributed by atoms with Crippen LogP contribution in [0.2, 0.25) is 0 Å². The second-order valence-corrected chi connectivity index (χ2v) is 4.60. The van der Waals surface area contributed by atoms with Gasteiger partial charge in [0.25, 0.3) is 0 Å². The normalized spacial score (nSPS) is 16.4. The molecule has 104 valence electrons. The van der Waals surface area contributed by atoms with E-state index in [0.717, 1.165) is 11.8 Å². The Labute approximate surface area is 119 Å². The summed E-state index contributed by atoms with van der Waals surface area (Å²) >= 11 is 1.13. The number of nitrogens with zero attached hydrogens (tertiary/aromatic N) is 2. The van der Waals surface area contributed by atoms with Gasteiger partial charge in [0.15, 0.2) is 5.17 Å². The first-order valence-corrected chi connectivity index (χ1v) is 6.57. The third kappa shape index (κ3) is 2.80. The number of carbonyl (C=O) groups excluding carboxylic acids is 3. The summed E-state index contributed by atoms with van der Waals surface area (Å²) in [4.78, 5) is 38.8. The van der Waals surface area contributed by atoms with Gasteiger partial charge in [-0.3, -0.25) is 14.5 Å². The van der Waals surface area contributed by atoms with Crippen LogP contribution in [0.3, 0.4) is 0 Å². The van der Waals surface area contributed by atoms with E-state index in [1.165, 1.54) is 12.0 Å². The predicted octanol–water partition coefficient (Wildman–Crippen LogP) is 1.46. The van der Waals surface area contributed by atoms with Gasteiger partial charge < -0.3 is 10.1 Å². The third-order valence-corrected chi connectivity index (χ3v) is 3.41. The minimum Gasteiger partial charge on any atom is -0.451 e. The van der Waals surface area contributed by atoms with Gasteiger partial charge in [-0.15, -0.1) is 0 Å². The molecule has 1 aliphatic heterocycles. The summed E-state index contributed by atoms with van der Waals surface area (Å²) in [5, 5.41) is 2.73. The first-order chi connectivity index (χ1) is 9.67. The second kappa shape index (κ2) is 6.20. The molecule has 0 bridgehead atoms. The number of rotatable bonds is 3. The average molecular weight is 293 g/mol. The maximum Gasteiger partial charge on any atom is 0.435 e. The van der Waals surface area contributed by atoms with Crippen LogP contribution in [0.25, 0.3) is 0 Å². The van der Waals surface area contributed by atoms with E-state index in [2.05, 4.69) is 15.0 Å². The number of amidine groups is 1. The summed E-state index contributed by atoms with van der Waals surface area (Å²) in [5.41, 5.74) is 0.910. The van der Waals surface area contributed by atoms with Crippen LogP contribution in [-0.2, 0) is 14.3 Å². The molecule has 1 aliphatic rings. The standard InChI is InChI=1S/C12H11N3O4S/c1-19-12(18)14-11-15(10(17)6-20-11)9-5-3-2-4-8(9)13-7-16/h2-5,7H,6H2,1H3,(H,13,16). The molecule has 1 fully saturated rings. The van der Waals surface area contributed by atoms with E-state index in [0.29, 0.717) is 17.8 Å². The molecule has 0 unspecified atom stereocenters. The number of para-hydroxylation sites is 2. The van der Waals surface area contributed by atoms with Gasteiger partial charge in [0.05, 0.1) is 24.2 Å². The molecular weight excluding hydrogens is 282 g/mol. The Hall–Kier alpha value is -2.35. The fraction of sp³-hybridized carbons (Fsp3) is 0.167. The van der Waals surface area contributed by atoms with Crippen molar-refractivity contribution < 1.29 is 19.1 Å². The fourth-order valence-corrected chi connectivity index (χ4v) is 2.51. The van der Waals surface area contributed by atoms with Crippen LogP contribution in [-0.4, -0.2) is 36.4 Å². The summed E-state index contributed by atoms with van der Waals surface area (Å²) in [7, 11) is 1.21. The van der Waals surface area contributed by atoms with Crippen molar-refractivity contribution in [1.82, 2.24) is 0 Å². The van der Waals surface area contributed by atoms with Crippen LogP contribution in [0.5, 0.6) is 0 Å². The lowest BCUT2D eigenvalue weighted by Crippen LogP contribution is -2.30. The Morgan fingerprint density at radius 2 is 2.25 bits per heavy atom. The first-order valence-electron chi connectivity index (χ1n) is 5.59. The summed E-state index contributed by atoms with van der Waals surface area (Å²) in [6, 6.07) is 6.75. The molecule has 1 aromatic carbocycles. The van der Waals surface area contributed by atoms with Gasteiger partial charge in [-0.1, -0.05) is 23.9 Å². The highest BCUT2D eigenvalue weighted by Gasteiger charge is 2.32. The lowest BCUT2D eigenvalue weighted by molar-refractivity contribution is -0.115. The molecule has 0 aromatic heterocycles. The van der Waals surface area contributed by atoms with Crippen molar-refractivity contribution in [2.24, 2.45) is 4.99 Å². The van der Waals surface area contributed by atoms with E-state index in [1.54, 1.807) is 24.3 Å². The predicted molar refractivity (Wildman–Crippen MR) is 75.9 cm³/mol. The van der Waals surface area contributed by atoms with Crippen molar-refractivity contribution in [3.8, 4) is 0 Å². The minimum atomic E-state index is -0.784. The number of hydrogen-bond acceptors (Lipinski definition) is 5. The van der Waals surface area contributed by atoms with Crippen LogP contribution in [0.15, 0.2) is 29.3 Å². The SMILES string of the molecule is COC(=O)N=C1SCC(=O)N1c1ccccc1NC=O. The number of benzene rings is 1. The third-order valence-electron chi connectivity index (χ3n) is 2.49. The highest BCUT2D eigenvalue weighted by atomic mass is 32.2. The minimum absolute atomic E-state index is 0.172. The summed E-state index contributed by atoms with van der Waals surface area (Å²) in [6.45, 7) is 0. The molecule has 0 atom stereocenters. The van der Waals surface area contributed by atoms with E-state index in [4.69, 9.17) is 0 Å². The van der Waals surface area contributed by atoms with Gasteiger partial charge >= 0.3 is 6.09 Å². The number of anilines is 2. The quantitative estimate of drug-likeness (QED) is 0.852. The molecular formula is C12H11N3O4S. The first kappa shape index (κ1) is 14.1. The molecule has 0 aliphatic carbocycles. The highest BCUT2D eigenvalue weighted by molar-refractivity contribution is 8.15. The van der Waals surface area contributed by atoms with Crippen molar-refractivity contribution in [1.29, 1.82) is 0 Å².